The smallest absolute Gasteiger partial charge is 0.173 e. The lowest BCUT2D eigenvalue weighted by Gasteiger charge is -2.18. The maximum Gasteiger partial charge on any atom is 0.173 e. The standard InChI is InChI=1S/C19H20BrN5/c20-15-9-7-13(8-10-15)17-19(23-16-5-3-1-2-4-6-16)25-18(24-17)14(11-21)12-22-25/h7-10,12,16,22-23H,1-6H2. The van der Waals surface area contributed by atoms with E-state index in [1.807, 2.05) is 16.6 Å². The summed E-state index contributed by atoms with van der Waals surface area (Å²) < 4.78 is 2.94. The Labute approximate surface area is 155 Å². The fourth-order valence-electron chi connectivity index (χ4n) is 3.56. The van der Waals surface area contributed by atoms with Crippen molar-refractivity contribution in [2.24, 2.45) is 0 Å². The molecule has 1 aliphatic carbocycles. The van der Waals surface area contributed by atoms with Crippen LogP contribution in [0.15, 0.2) is 34.9 Å². The van der Waals surface area contributed by atoms with Crippen LogP contribution in [-0.4, -0.2) is 20.6 Å². The number of aromatic amines is 1. The molecule has 5 nitrogen and oxygen atoms in total. The van der Waals surface area contributed by atoms with Crippen molar-refractivity contribution in [3.05, 3.63) is 40.5 Å². The van der Waals surface area contributed by atoms with E-state index in [9.17, 15) is 5.26 Å². The normalized spacial score (nSPS) is 15.8. The predicted molar refractivity (Wildman–Crippen MR) is 103 cm³/mol. The van der Waals surface area contributed by atoms with Gasteiger partial charge in [-0.05, 0) is 25.0 Å². The maximum atomic E-state index is 9.34. The summed E-state index contributed by atoms with van der Waals surface area (Å²) >= 11 is 3.48. The van der Waals surface area contributed by atoms with Crippen LogP contribution < -0.4 is 5.32 Å². The number of H-pyrrole nitrogens is 1. The van der Waals surface area contributed by atoms with E-state index in [0.29, 0.717) is 17.3 Å². The molecule has 2 aromatic heterocycles. The van der Waals surface area contributed by atoms with E-state index < -0.39 is 0 Å². The van der Waals surface area contributed by atoms with E-state index >= 15 is 0 Å². The van der Waals surface area contributed by atoms with Gasteiger partial charge < -0.3 is 5.32 Å². The van der Waals surface area contributed by atoms with Gasteiger partial charge in [0.05, 0.1) is 0 Å². The Kier molecular flexibility index (Phi) is 4.50. The topological polar surface area (TPSA) is 68.9 Å². The maximum absolute atomic E-state index is 9.34. The average Bonchev–Trinajstić information content (AvgIpc) is 3.06. The monoisotopic (exact) mass is 397 g/mol. The number of nitrogens with one attached hydrogen (secondary N) is 2. The summed E-state index contributed by atoms with van der Waals surface area (Å²) in [6.07, 6.45) is 9.24. The van der Waals surface area contributed by atoms with Gasteiger partial charge in [-0.15, -0.1) is 0 Å². The van der Waals surface area contributed by atoms with Crippen molar-refractivity contribution in [2.45, 2.75) is 44.6 Å². The summed E-state index contributed by atoms with van der Waals surface area (Å²) in [5, 5.41) is 16.2. The molecule has 1 saturated carbocycles. The van der Waals surface area contributed by atoms with E-state index in [1.54, 1.807) is 6.20 Å². The van der Waals surface area contributed by atoms with Crippen LogP contribution in [0.2, 0.25) is 0 Å². The minimum atomic E-state index is 0.449. The van der Waals surface area contributed by atoms with Crippen LogP contribution in [0.4, 0.5) is 5.82 Å². The van der Waals surface area contributed by atoms with Crippen molar-refractivity contribution in [2.75, 3.05) is 5.32 Å². The third kappa shape index (κ3) is 3.16. The molecule has 4 rings (SSSR count). The molecular formula is C19H20BrN5. The predicted octanol–water partition coefficient (Wildman–Crippen LogP) is 5.10. The van der Waals surface area contributed by atoms with Crippen LogP contribution in [-0.2, 0) is 0 Å². The molecule has 128 valence electrons. The molecule has 0 atom stereocenters. The van der Waals surface area contributed by atoms with E-state index in [2.05, 4.69) is 44.5 Å². The summed E-state index contributed by atoms with van der Waals surface area (Å²) in [5.74, 6) is 0.950. The van der Waals surface area contributed by atoms with E-state index in [-0.39, 0.29) is 0 Å². The lowest BCUT2D eigenvalue weighted by atomic mass is 10.1. The first-order valence-corrected chi connectivity index (χ1v) is 9.58. The number of hydrogen-bond donors (Lipinski definition) is 2. The molecule has 0 spiro atoms. The lowest BCUT2D eigenvalue weighted by molar-refractivity contribution is 0.615. The number of fused-ring (bicyclic) bond motifs is 1. The fraction of sp³-hybridized carbons (Fsp3) is 0.368. The largest absolute Gasteiger partial charge is 0.365 e. The Bertz CT molecular complexity index is 908. The lowest BCUT2D eigenvalue weighted by Crippen LogP contribution is -2.20. The molecule has 0 aliphatic heterocycles. The molecule has 0 bridgehead atoms. The number of rotatable bonds is 3. The first kappa shape index (κ1) is 16.2. The average molecular weight is 398 g/mol. The minimum Gasteiger partial charge on any atom is -0.365 e. The second-order valence-corrected chi connectivity index (χ2v) is 7.52. The fourth-order valence-corrected chi connectivity index (χ4v) is 3.83. The Morgan fingerprint density at radius 2 is 1.88 bits per heavy atom. The zero-order valence-corrected chi connectivity index (χ0v) is 15.5. The van der Waals surface area contributed by atoms with Crippen LogP contribution >= 0.6 is 15.9 Å². The third-order valence-electron chi connectivity index (χ3n) is 4.89. The molecule has 2 N–H and O–H groups in total. The molecule has 25 heavy (non-hydrogen) atoms. The van der Waals surface area contributed by atoms with Crippen molar-refractivity contribution < 1.29 is 0 Å². The highest BCUT2D eigenvalue weighted by Crippen LogP contribution is 2.32. The number of nitrogens with zero attached hydrogens (tertiary/aromatic N) is 3. The molecule has 2 heterocycles. The van der Waals surface area contributed by atoms with Gasteiger partial charge >= 0.3 is 0 Å². The molecule has 1 aliphatic rings. The summed E-state index contributed by atoms with van der Waals surface area (Å²) in [4.78, 5) is 4.76. The van der Waals surface area contributed by atoms with Gasteiger partial charge in [-0.25, -0.2) is 9.50 Å². The highest BCUT2D eigenvalue weighted by molar-refractivity contribution is 9.10. The number of halogens is 1. The Morgan fingerprint density at radius 1 is 1.16 bits per heavy atom. The highest BCUT2D eigenvalue weighted by atomic mass is 79.9. The van der Waals surface area contributed by atoms with Crippen LogP contribution in [0.1, 0.15) is 44.1 Å². The van der Waals surface area contributed by atoms with Crippen molar-refractivity contribution in [1.29, 1.82) is 5.26 Å². The number of nitriles is 1. The zero-order valence-electron chi connectivity index (χ0n) is 13.9. The Hall–Kier alpha value is -2.26. The SMILES string of the molecule is N#Cc1c[nH]n2c(NC3CCCCCC3)c(-c3ccc(Br)cc3)nc12. The second kappa shape index (κ2) is 6.93. The van der Waals surface area contributed by atoms with E-state index in [4.69, 9.17) is 4.98 Å². The summed E-state index contributed by atoms with van der Waals surface area (Å²) in [5.41, 5.74) is 3.17. The number of aromatic nitrogens is 3. The molecular weight excluding hydrogens is 378 g/mol. The van der Waals surface area contributed by atoms with Crippen molar-refractivity contribution in [3.63, 3.8) is 0 Å². The highest BCUT2D eigenvalue weighted by Gasteiger charge is 2.21. The number of hydrogen-bond acceptors (Lipinski definition) is 3. The molecule has 6 heteroatoms. The van der Waals surface area contributed by atoms with Gasteiger partial charge in [-0.3, -0.25) is 5.10 Å². The van der Waals surface area contributed by atoms with Gasteiger partial charge in [0.25, 0.3) is 0 Å². The molecule has 1 fully saturated rings. The van der Waals surface area contributed by atoms with Crippen molar-refractivity contribution in [1.82, 2.24) is 14.6 Å². The summed E-state index contributed by atoms with van der Waals surface area (Å²) in [6, 6.07) is 10.8. The van der Waals surface area contributed by atoms with Gasteiger partial charge in [0, 0.05) is 22.3 Å². The van der Waals surface area contributed by atoms with Crippen LogP contribution in [0.25, 0.3) is 16.9 Å². The van der Waals surface area contributed by atoms with Crippen LogP contribution in [0.3, 0.4) is 0 Å². The quantitative estimate of drug-likeness (QED) is 0.604. The van der Waals surface area contributed by atoms with Gasteiger partial charge in [0.1, 0.15) is 17.3 Å². The van der Waals surface area contributed by atoms with Crippen molar-refractivity contribution in [3.8, 4) is 17.3 Å². The second-order valence-electron chi connectivity index (χ2n) is 6.61. The summed E-state index contributed by atoms with van der Waals surface area (Å²) in [6.45, 7) is 0. The zero-order chi connectivity index (χ0) is 17.2. The van der Waals surface area contributed by atoms with Crippen LogP contribution in [0, 0.1) is 11.3 Å². The Morgan fingerprint density at radius 3 is 2.56 bits per heavy atom. The molecule has 0 unspecified atom stereocenters. The number of benzene rings is 1. The van der Waals surface area contributed by atoms with E-state index in [1.165, 1.54) is 38.5 Å². The number of anilines is 1. The van der Waals surface area contributed by atoms with Crippen molar-refractivity contribution >= 4 is 27.4 Å². The van der Waals surface area contributed by atoms with Gasteiger partial charge in [0.2, 0.25) is 0 Å². The first-order chi connectivity index (χ1) is 12.3. The summed E-state index contributed by atoms with van der Waals surface area (Å²) in [7, 11) is 0. The third-order valence-corrected chi connectivity index (χ3v) is 5.42. The van der Waals surface area contributed by atoms with Gasteiger partial charge in [-0.2, -0.15) is 5.26 Å². The number of imidazole rings is 1. The molecule has 0 amide bonds. The minimum absolute atomic E-state index is 0.449. The van der Waals surface area contributed by atoms with E-state index in [0.717, 1.165) is 21.5 Å². The Balaban J connectivity index is 1.79. The first-order valence-electron chi connectivity index (χ1n) is 8.78. The molecule has 1 aromatic carbocycles. The van der Waals surface area contributed by atoms with Gasteiger partial charge in [0.15, 0.2) is 11.5 Å². The van der Waals surface area contributed by atoms with Crippen LogP contribution in [0.5, 0.6) is 0 Å². The molecule has 0 saturated heterocycles. The van der Waals surface area contributed by atoms with Gasteiger partial charge in [-0.1, -0.05) is 53.7 Å². The molecule has 3 aromatic rings. The molecule has 0 radical (unpaired) electrons.